The standard InChI is InChI=1S/C16H27NO/c1-2-3-4-8-11-15-13-16(18-17-15)12-14-9-6-5-7-10-14/h13-14H,2-12H2,1H3. The molecule has 1 aromatic heterocycles. The lowest BCUT2D eigenvalue weighted by Crippen LogP contribution is -2.08. The number of nitrogens with zero attached hydrogens (tertiary/aromatic N) is 1. The van der Waals surface area contributed by atoms with Gasteiger partial charge in [0.25, 0.3) is 0 Å². The van der Waals surface area contributed by atoms with Gasteiger partial charge in [0.2, 0.25) is 0 Å². The lowest BCUT2D eigenvalue weighted by atomic mass is 9.86. The second-order valence-electron chi connectivity index (χ2n) is 5.80. The minimum Gasteiger partial charge on any atom is -0.361 e. The van der Waals surface area contributed by atoms with Crippen LogP contribution in [0.25, 0.3) is 0 Å². The number of hydrogen-bond acceptors (Lipinski definition) is 2. The van der Waals surface area contributed by atoms with Gasteiger partial charge < -0.3 is 4.52 Å². The number of aryl methyl sites for hydroxylation is 1. The monoisotopic (exact) mass is 249 g/mol. The van der Waals surface area contributed by atoms with Crippen LogP contribution in [0.2, 0.25) is 0 Å². The van der Waals surface area contributed by atoms with E-state index in [9.17, 15) is 0 Å². The van der Waals surface area contributed by atoms with Gasteiger partial charge in [0.05, 0.1) is 5.69 Å². The van der Waals surface area contributed by atoms with Crippen LogP contribution in [0.15, 0.2) is 10.6 Å². The largest absolute Gasteiger partial charge is 0.361 e. The maximum atomic E-state index is 5.47. The molecule has 0 atom stereocenters. The predicted molar refractivity (Wildman–Crippen MR) is 74.6 cm³/mol. The van der Waals surface area contributed by atoms with Gasteiger partial charge in [-0.05, 0) is 18.8 Å². The van der Waals surface area contributed by atoms with Crippen molar-refractivity contribution >= 4 is 0 Å². The molecule has 0 unspecified atom stereocenters. The Labute approximate surface area is 111 Å². The van der Waals surface area contributed by atoms with Gasteiger partial charge in [0.1, 0.15) is 5.76 Å². The molecular formula is C16H27NO. The average Bonchev–Trinajstić information content (AvgIpc) is 2.84. The molecule has 1 aliphatic rings. The van der Waals surface area contributed by atoms with Crippen molar-refractivity contribution in [1.29, 1.82) is 0 Å². The van der Waals surface area contributed by atoms with Crippen LogP contribution < -0.4 is 0 Å². The number of hydrogen-bond donors (Lipinski definition) is 0. The van der Waals surface area contributed by atoms with Crippen LogP contribution in [0, 0.1) is 5.92 Å². The van der Waals surface area contributed by atoms with Gasteiger partial charge in [-0.2, -0.15) is 0 Å². The zero-order chi connectivity index (χ0) is 12.6. The fraction of sp³-hybridized carbons (Fsp3) is 0.812. The Hall–Kier alpha value is -0.790. The zero-order valence-electron chi connectivity index (χ0n) is 11.8. The fourth-order valence-electron chi connectivity index (χ4n) is 2.98. The number of unbranched alkanes of at least 4 members (excludes halogenated alkanes) is 3. The maximum Gasteiger partial charge on any atom is 0.137 e. The maximum absolute atomic E-state index is 5.47. The van der Waals surface area contributed by atoms with Gasteiger partial charge in [0, 0.05) is 12.5 Å². The van der Waals surface area contributed by atoms with E-state index in [0.717, 1.165) is 30.2 Å². The van der Waals surface area contributed by atoms with E-state index in [1.807, 2.05) is 0 Å². The van der Waals surface area contributed by atoms with Gasteiger partial charge in [-0.1, -0.05) is 63.4 Å². The third-order valence-corrected chi connectivity index (χ3v) is 4.11. The Kier molecular flexibility index (Phi) is 5.76. The summed E-state index contributed by atoms with van der Waals surface area (Å²) in [4.78, 5) is 0. The highest BCUT2D eigenvalue weighted by atomic mass is 16.5. The van der Waals surface area contributed by atoms with Gasteiger partial charge in [-0.15, -0.1) is 0 Å². The highest BCUT2D eigenvalue weighted by Crippen LogP contribution is 2.27. The Balaban J connectivity index is 1.71. The molecule has 1 aliphatic carbocycles. The topological polar surface area (TPSA) is 26.0 Å². The average molecular weight is 249 g/mol. The second-order valence-corrected chi connectivity index (χ2v) is 5.80. The smallest absolute Gasteiger partial charge is 0.137 e. The molecule has 18 heavy (non-hydrogen) atoms. The Morgan fingerprint density at radius 3 is 2.78 bits per heavy atom. The molecule has 0 aliphatic heterocycles. The van der Waals surface area contributed by atoms with Crippen molar-refractivity contribution in [3.63, 3.8) is 0 Å². The molecule has 0 spiro atoms. The van der Waals surface area contributed by atoms with E-state index in [0.29, 0.717) is 0 Å². The molecule has 0 amide bonds. The van der Waals surface area contributed by atoms with E-state index in [-0.39, 0.29) is 0 Å². The molecule has 0 aromatic carbocycles. The van der Waals surface area contributed by atoms with Crippen molar-refractivity contribution in [2.24, 2.45) is 5.92 Å². The Morgan fingerprint density at radius 2 is 2.00 bits per heavy atom. The van der Waals surface area contributed by atoms with Crippen LogP contribution in [-0.4, -0.2) is 5.16 Å². The van der Waals surface area contributed by atoms with Crippen LogP contribution in [0.3, 0.4) is 0 Å². The minimum absolute atomic E-state index is 0.847. The van der Waals surface area contributed by atoms with Crippen LogP contribution in [-0.2, 0) is 12.8 Å². The van der Waals surface area contributed by atoms with Crippen molar-refractivity contribution in [2.45, 2.75) is 77.6 Å². The summed E-state index contributed by atoms with van der Waals surface area (Å²) in [6.07, 6.45) is 14.4. The molecule has 1 fully saturated rings. The molecule has 2 rings (SSSR count). The molecule has 2 heteroatoms. The highest BCUT2D eigenvalue weighted by Gasteiger charge is 2.16. The molecule has 0 saturated heterocycles. The summed E-state index contributed by atoms with van der Waals surface area (Å²) >= 11 is 0. The molecule has 102 valence electrons. The molecule has 1 aromatic rings. The fourth-order valence-corrected chi connectivity index (χ4v) is 2.98. The van der Waals surface area contributed by atoms with E-state index in [1.165, 1.54) is 57.8 Å². The summed E-state index contributed by atoms with van der Waals surface area (Å²) in [5, 5.41) is 4.20. The first kappa shape index (κ1) is 13.6. The van der Waals surface area contributed by atoms with E-state index in [1.54, 1.807) is 0 Å². The Morgan fingerprint density at radius 1 is 1.17 bits per heavy atom. The molecular weight excluding hydrogens is 222 g/mol. The van der Waals surface area contributed by atoms with Crippen molar-refractivity contribution in [1.82, 2.24) is 5.16 Å². The second kappa shape index (κ2) is 7.60. The zero-order valence-corrected chi connectivity index (χ0v) is 11.8. The lowest BCUT2D eigenvalue weighted by molar-refractivity contribution is 0.308. The molecule has 1 heterocycles. The van der Waals surface area contributed by atoms with Crippen molar-refractivity contribution in [3.8, 4) is 0 Å². The highest BCUT2D eigenvalue weighted by molar-refractivity contribution is 5.06. The van der Waals surface area contributed by atoms with E-state index in [2.05, 4.69) is 18.1 Å². The third kappa shape index (κ3) is 4.47. The van der Waals surface area contributed by atoms with E-state index >= 15 is 0 Å². The first-order valence-corrected chi connectivity index (χ1v) is 7.83. The first-order valence-electron chi connectivity index (χ1n) is 7.83. The van der Waals surface area contributed by atoms with Crippen LogP contribution in [0.4, 0.5) is 0 Å². The third-order valence-electron chi connectivity index (χ3n) is 4.11. The summed E-state index contributed by atoms with van der Waals surface area (Å²) in [5.74, 6) is 1.96. The molecule has 0 radical (unpaired) electrons. The Bertz CT molecular complexity index is 326. The molecule has 0 bridgehead atoms. The van der Waals surface area contributed by atoms with Crippen LogP contribution in [0.1, 0.15) is 76.2 Å². The summed E-state index contributed by atoms with van der Waals surface area (Å²) in [6, 6.07) is 2.19. The summed E-state index contributed by atoms with van der Waals surface area (Å²) in [5.41, 5.74) is 1.16. The van der Waals surface area contributed by atoms with Crippen molar-refractivity contribution in [3.05, 3.63) is 17.5 Å². The van der Waals surface area contributed by atoms with Crippen molar-refractivity contribution < 1.29 is 4.52 Å². The SMILES string of the molecule is CCCCCCc1cc(CC2CCCCC2)on1. The number of aromatic nitrogens is 1. The van der Waals surface area contributed by atoms with Gasteiger partial charge in [-0.25, -0.2) is 0 Å². The molecule has 1 saturated carbocycles. The van der Waals surface area contributed by atoms with E-state index in [4.69, 9.17) is 4.52 Å². The summed E-state index contributed by atoms with van der Waals surface area (Å²) in [7, 11) is 0. The summed E-state index contributed by atoms with van der Waals surface area (Å²) in [6.45, 7) is 2.25. The summed E-state index contributed by atoms with van der Waals surface area (Å²) < 4.78 is 5.47. The lowest BCUT2D eigenvalue weighted by Gasteiger charge is -2.19. The predicted octanol–water partition coefficient (Wildman–Crippen LogP) is 4.92. The van der Waals surface area contributed by atoms with Gasteiger partial charge in [0.15, 0.2) is 0 Å². The van der Waals surface area contributed by atoms with Crippen LogP contribution in [0.5, 0.6) is 0 Å². The van der Waals surface area contributed by atoms with Crippen molar-refractivity contribution in [2.75, 3.05) is 0 Å². The quantitative estimate of drug-likeness (QED) is 0.641. The van der Waals surface area contributed by atoms with Gasteiger partial charge >= 0.3 is 0 Å². The van der Waals surface area contributed by atoms with E-state index < -0.39 is 0 Å². The number of rotatable bonds is 7. The van der Waals surface area contributed by atoms with Gasteiger partial charge in [-0.3, -0.25) is 0 Å². The minimum atomic E-state index is 0.847. The van der Waals surface area contributed by atoms with Crippen LogP contribution >= 0.6 is 0 Å². The normalized spacial score (nSPS) is 17.2. The molecule has 2 nitrogen and oxygen atoms in total. The molecule has 0 N–H and O–H groups in total. The first-order chi connectivity index (χ1) is 8.88.